The Hall–Kier alpha value is -2.86. The molecule has 1 saturated heterocycles. The standard InChI is InChI=1S/C23H27NO5/c1-29-19-10-6-5-9-18(19)11-12-21(26)24-14-13-20(25)23(16-24,22(27)28)15-17-7-3-2-4-8-17/h2-10,20,25H,11-16H2,1H3,(H,27,28)/t20-,23-/m1/s1. The summed E-state index contributed by atoms with van der Waals surface area (Å²) in [5.41, 5.74) is 0.367. The summed E-state index contributed by atoms with van der Waals surface area (Å²) in [6.45, 7) is 0.360. The molecule has 6 heteroatoms. The van der Waals surface area contributed by atoms with Crippen molar-refractivity contribution in [1.29, 1.82) is 0 Å². The lowest BCUT2D eigenvalue weighted by molar-refractivity contribution is -0.165. The van der Waals surface area contributed by atoms with E-state index in [9.17, 15) is 19.8 Å². The van der Waals surface area contributed by atoms with E-state index in [1.807, 2.05) is 54.6 Å². The van der Waals surface area contributed by atoms with Crippen LogP contribution < -0.4 is 4.74 Å². The van der Waals surface area contributed by atoms with E-state index in [1.54, 1.807) is 12.0 Å². The van der Waals surface area contributed by atoms with Gasteiger partial charge in [0.1, 0.15) is 11.2 Å². The topological polar surface area (TPSA) is 87.1 Å². The van der Waals surface area contributed by atoms with Crippen LogP contribution in [0, 0.1) is 5.41 Å². The van der Waals surface area contributed by atoms with Crippen LogP contribution in [-0.2, 0) is 22.4 Å². The van der Waals surface area contributed by atoms with E-state index in [2.05, 4.69) is 0 Å². The van der Waals surface area contributed by atoms with Crippen molar-refractivity contribution >= 4 is 11.9 Å². The van der Waals surface area contributed by atoms with Crippen LogP contribution in [0.25, 0.3) is 0 Å². The van der Waals surface area contributed by atoms with Gasteiger partial charge in [-0.3, -0.25) is 9.59 Å². The molecule has 2 aromatic carbocycles. The minimum Gasteiger partial charge on any atom is -0.496 e. The van der Waals surface area contributed by atoms with Gasteiger partial charge >= 0.3 is 5.97 Å². The summed E-state index contributed by atoms with van der Waals surface area (Å²) in [6.07, 6.45) is 0.205. The van der Waals surface area contributed by atoms with Gasteiger partial charge in [0.2, 0.25) is 5.91 Å². The lowest BCUT2D eigenvalue weighted by Gasteiger charge is -2.43. The second-order valence-corrected chi connectivity index (χ2v) is 7.56. The molecular weight excluding hydrogens is 370 g/mol. The van der Waals surface area contributed by atoms with E-state index >= 15 is 0 Å². The van der Waals surface area contributed by atoms with Gasteiger partial charge in [0.15, 0.2) is 0 Å². The number of carboxylic acid groups (broad SMARTS) is 1. The third-order valence-electron chi connectivity index (χ3n) is 5.73. The maximum absolute atomic E-state index is 12.9. The highest BCUT2D eigenvalue weighted by Gasteiger charge is 2.50. The van der Waals surface area contributed by atoms with Gasteiger partial charge in [0, 0.05) is 19.5 Å². The van der Waals surface area contributed by atoms with Gasteiger partial charge in [-0.25, -0.2) is 0 Å². The van der Waals surface area contributed by atoms with Crippen LogP contribution in [0.1, 0.15) is 24.0 Å². The number of rotatable bonds is 7. The first-order valence-corrected chi connectivity index (χ1v) is 9.81. The maximum atomic E-state index is 12.9. The Morgan fingerprint density at radius 1 is 1.14 bits per heavy atom. The molecule has 2 atom stereocenters. The first kappa shape index (κ1) is 20.9. The molecule has 6 nitrogen and oxygen atoms in total. The number of piperidine rings is 1. The van der Waals surface area contributed by atoms with Crippen molar-refractivity contribution in [2.45, 2.75) is 31.8 Å². The number of aliphatic carboxylic acids is 1. The van der Waals surface area contributed by atoms with Crippen LogP contribution in [0.2, 0.25) is 0 Å². The average molecular weight is 397 g/mol. The molecule has 2 N–H and O–H groups in total. The third kappa shape index (κ3) is 4.59. The van der Waals surface area contributed by atoms with Gasteiger partial charge in [-0.1, -0.05) is 48.5 Å². The Morgan fingerprint density at radius 2 is 1.83 bits per heavy atom. The molecule has 29 heavy (non-hydrogen) atoms. The van der Waals surface area contributed by atoms with Gasteiger partial charge in [-0.05, 0) is 36.5 Å². The number of amides is 1. The number of aliphatic hydroxyl groups excluding tert-OH is 1. The molecule has 1 amide bonds. The summed E-state index contributed by atoms with van der Waals surface area (Å²) in [6, 6.07) is 16.8. The predicted octanol–water partition coefficient (Wildman–Crippen LogP) is 2.53. The zero-order valence-corrected chi connectivity index (χ0v) is 16.6. The summed E-state index contributed by atoms with van der Waals surface area (Å²) in [4.78, 5) is 26.6. The molecule has 3 rings (SSSR count). The number of benzene rings is 2. The van der Waals surface area contributed by atoms with Crippen LogP contribution >= 0.6 is 0 Å². The summed E-state index contributed by atoms with van der Waals surface area (Å²) in [5, 5.41) is 20.6. The summed E-state index contributed by atoms with van der Waals surface area (Å²) in [7, 11) is 1.59. The normalized spacial score (nSPS) is 21.6. The molecule has 0 radical (unpaired) electrons. The number of para-hydroxylation sites is 1. The first-order chi connectivity index (χ1) is 14.0. The molecule has 0 aliphatic carbocycles. The fourth-order valence-corrected chi connectivity index (χ4v) is 4.02. The number of methoxy groups -OCH3 is 1. The molecule has 0 aromatic heterocycles. The fraction of sp³-hybridized carbons (Fsp3) is 0.391. The van der Waals surface area contributed by atoms with Gasteiger partial charge in [-0.15, -0.1) is 0 Å². The highest BCUT2D eigenvalue weighted by molar-refractivity contribution is 5.80. The lowest BCUT2D eigenvalue weighted by Crippen LogP contribution is -2.58. The zero-order valence-electron chi connectivity index (χ0n) is 16.6. The van der Waals surface area contributed by atoms with Crippen molar-refractivity contribution < 1.29 is 24.5 Å². The third-order valence-corrected chi connectivity index (χ3v) is 5.73. The number of ether oxygens (including phenoxy) is 1. The Morgan fingerprint density at radius 3 is 2.52 bits per heavy atom. The van der Waals surface area contributed by atoms with E-state index in [1.165, 1.54) is 0 Å². The van der Waals surface area contributed by atoms with Crippen LogP contribution in [-0.4, -0.2) is 53.3 Å². The Bertz CT molecular complexity index is 853. The number of likely N-dealkylation sites (tertiary alicyclic amines) is 1. The monoisotopic (exact) mass is 397 g/mol. The maximum Gasteiger partial charge on any atom is 0.314 e. The molecule has 1 heterocycles. The highest BCUT2D eigenvalue weighted by Crippen LogP contribution is 2.35. The fourth-order valence-electron chi connectivity index (χ4n) is 4.02. The highest BCUT2D eigenvalue weighted by atomic mass is 16.5. The molecule has 1 aliphatic rings. The molecule has 0 unspecified atom stereocenters. The Kier molecular flexibility index (Phi) is 6.54. The quantitative estimate of drug-likeness (QED) is 0.750. The Labute approximate surface area is 170 Å². The summed E-state index contributed by atoms with van der Waals surface area (Å²) < 4.78 is 5.33. The van der Waals surface area contributed by atoms with Crippen LogP contribution in [0.4, 0.5) is 0 Å². The van der Waals surface area contributed by atoms with Gasteiger partial charge in [0.05, 0.1) is 13.2 Å². The second kappa shape index (κ2) is 9.09. The number of hydrogen-bond acceptors (Lipinski definition) is 4. The van der Waals surface area contributed by atoms with Crippen LogP contribution in [0.3, 0.4) is 0 Å². The second-order valence-electron chi connectivity index (χ2n) is 7.56. The molecule has 0 saturated carbocycles. The number of carbonyl (C=O) groups is 2. The smallest absolute Gasteiger partial charge is 0.314 e. The summed E-state index contributed by atoms with van der Waals surface area (Å²) >= 11 is 0. The van der Waals surface area contributed by atoms with Crippen molar-refractivity contribution in [3.05, 3.63) is 65.7 Å². The number of carboxylic acids is 1. The molecule has 1 aliphatic heterocycles. The largest absolute Gasteiger partial charge is 0.496 e. The van der Waals surface area contributed by atoms with Gasteiger partial charge < -0.3 is 19.8 Å². The van der Waals surface area contributed by atoms with E-state index < -0.39 is 17.5 Å². The van der Waals surface area contributed by atoms with Crippen molar-refractivity contribution in [3.8, 4) is 5.75 Å². The van der Waals surface area contributed by atoms with Crippen molar-refractivity contribution in [2.75, 3.05) is 20.2 Å². The van der Waals surface area contributed by atoms with E-state index in [-0.39, 0.29) is 31.7 Å². The molecule has 2 aromatic rings. The molecule has 1 fully saturated rings. The predicted molar refractivity (Wildman–Crippen MR) is 109 cm³/mol. The van der Waals surface area contributed by atoms with E-state index in [0.29, 0.717) is 13.0 Å². The number of aryl methyl sites for hydroxylation is 1. The number of carbonyl (C=O) groups excluding carboxylic acids is 1. The summed E-state index contributed by atoms with van der Waals surface area (Å²) in [5.74, 6) is -0.448. The number of hydrogen-bond donors (Lipinski definition) is 2. The molecule has 154 valence electrons. The lowest BCUT2D eigenvalue weighted by atomic mass is 9.72. The molecule has 0 spiro atoms. The molecule has 0 bridgehead atoms. The van der Waals surface area contributed by atoms with Crippen LogP contribution in [0.15, 0.2) is 54.6 Å². The number of nitrogens with zero attached hydrogens (tertiary/aromatic N) is 1. The minimum absolute atomic E-state index is 0.00313. The minimum atomic E-state index is -1.40. The zero-order chi connectivity index (χ0) is 20.9. The van der Waals surface area contributed by atoms with Crippen molar-refractivity contribution in [1.82, 2.24) is 4.90 Å². The van der Waals surface area contributed by atoms with E-state index in [0.717, 1.165) is 16.9 Å². The van der Waals surface area contributed by atoms with Crippen molar-refractivity contribution in [2.24, 2.45) is 5.41 Å². The Balaban J connectivity index is 1.73. The van der Waals surface area contributed by atoms with Crippen molar-refractivity contribution in [3.63, 3.8) is 0 Å². The molecular formula is C23H27NO5. The van der Waals surface area contributed by atoms with E-state index in [4.69, 9.17) is 4.74 Å². The average Bonchev–Trinajstić information content (AvgIpc) is 2.74. The van der Waals surface area contributed by atoms with Gasteiger partial charge in [0.25, 0.3) is 0 Å². The van der Waals surface area contributed by atoms with Gasteiger partial charge in [-0.2, -0.15) is 0 Å². The first-order valence-electron chi connectivity index (χ1n) is 9.81. The van der Waals surface area contributed by atoms with Crippen LogP contribution in [0.5, 0.6) is 5.75 Å². The number of aliphatic hydroxyl groups is 1. The SMILES string of the molecule is COc1ccccc1CCC(=O)N1CC[C@@H](O)[C@](Cc2ccccc2)(C(=O)O)C1.